The number of anilines is 1. The van der Waals surface area contributed by atoms with Crippen LogP contribution < -0.4 is 5.32 Å². The number of fused-ring (bicyclic) bond motifs is 1. The summed E-state index contributed by atoms with van der Waals surface area (Å²) in [5.74, 6) is 0. The third-order valence-corrected chi connectivity index (χ3v) is 3.60. The predicted octanol–water partition coefficient (Wildman–Crippen LogP) is 4.46. The molecule has 0 bridgehead atoms. The Labute approximate surface area is 119 Å². The molecule has 3 aromatic rings. The molecule has 0 saturated heterocycles. The molecule has 3 rings (SSSR count). The Kier molecular flexibility index (Phi) is 3.38. The number of aromatic nitrogens is 1. The second-order valence-corrected chi connectivity index (χ2v) is 5.19. The Bertz CT molecular complexity index is 742. The van der Waals surface area contributed by atoms with Crippen molar-refractivity contribution in [2.24, 2.45) is 0 Å². The Morgan fingerprint density at radius 1 is 1.00 bits per heavy atom. The van der Waals surface area contributed by atoms with Gasteiger partial charge < -0.3 is 5.32 Å². The predicted molar refractivity (Wildman–Crippen MR) is 85.0 cm³/mol. The standard InChI is InChI=1S/C18H18N2/c1-13-7-8-18(14(2)9-13)20-12-16-11-19-10-15-5-3-4-6-17(15)16/h3-11,20H,12H2,1-2H3. The largest absolute Gasteiger partial charge is 0.381 e. The summed E-state index contributed by atoms with van der Waals surface area (Å²) in [6, 6.07) is 14.8. The van der Waals surface area contributed by atoms with Crippen molar-refractivity contribution in [2.75, 3.05) is 5.32 Å². The average molecular weight is 262 g/mol. The number of nitrogens with one attached hydrogen (secondary N) is 1. The zero-order valence-corrected chi connectivity index (χ0v) is 11.9. The van der Waals surface area contributed by atoms with Crippen molar-refractivity contribution in [3.8, 4) is 0 Å². The lowest BCUT2D eigenvalue weighted by Gasteiger charge is -2.11. The lowest BCUT2D eigenvalue weighted by Crippen LogP contribution is -2.02. The van der Waals surface area contributed by atoms with E-state index in [0.29, 0.717) is 0 Å². The molecular formula is C18H18N2. The minimum Gasteiger partial charge on any atom is -0.381 e. The van der Waals surface area contributed by atoms with E-state index in [9.17, 15) is 0 Å². The number of aryl methyl sites for hydroxylation is 2. The third-order valence-electron chi connectivity index (χ3n) is 3.60. The van der Waals surface area contributed by atoms with Crippen LogP contribution >= 0.6 is 0 Å². The number of hydrogen-bond donors (Lipinski definition) is 1. The van der Waals surface area contributed by atoms with Crippen molar-refractivity contribution in [3.63, 3.8) is 0 Å². The normalized spacial score (nSPS) is 10.7. The molecule has 0 unspecified atom stereocenters. The molecular weight excluding hydrogens is 244 g/mol. The van der Waals surface area contributed by atoms with E-state index < -0.39 is 0 Å². The minimum atomic E-state index is 0.790. The quantitative estimate of drug-likeness (QED) is 0.753. The summed E-state index contributed by atoms with van der Waals surface area (Å²) >= 11 is 0. The highest BCUT2D eigenvalue weighted by Crippen LogP contribution is 2.20. The van der Waals surface area contributed by atoms with Gasteiger partial charge in [0.15, 0.2) is 0 Å². The molecule has 2 aromatic carbocycles. The molecule has 20 heavy (non-hydrogen) atoms. The second kappa shape index (κ2) is 5.33. The smallest absolute Gasteiger partial charge is 0.0422 e. The average Bonchev–Trinajstić information content (AvgIpc) is 2.46. The van der Waals surface area contributed by atoms with E-state index in [0.717, 1.165) is 6.54 Å². The fourth-order valence-corrected chi connectivity index (χ4v) is 2.52. The van der Waals surface area contributed by atoms with E-state index in [1.807, 2.05) is 18.5 Å². The molecule has 1 heterocycles. The summed E-state index contributed by atoms with van der Waals surface area (Å²) in [7, 11) is 0. The van der Waals surface area contributed by atoms with Gasteiger partial charge in [0.25, 0.3) is 0 Å². The number of rotatable bonds is 3. The summed E-state index contributed by atoms with van der Waals surface area (Å²) in [6.07, 6.45) is 3.86. The number of benzene rings is 2. The van der Waals surface area contributed by atoms with Crippen molar-refractivity contribution >= 4 is 16.5 Å². The maximum absolute atomic E-state index is 4.32. The van der Waals surface area contributed by atoms with E-state index in [2.05, 4.69) is 60.5 Å². The van der Waals surface area contributed by atoms with Crippen LogP contribution in [0.1, 0.15) is 16.7 Å². The molecule has 1 aromatic heterocycles. The molecule has 2 nitrogen and oxygen atoms in total. The zero-order valence-electron chi connectivity index (χ0n) is 11.9. The summed E-state index contributed by atoms with van der Waals surface area (Å²) < 4.78 is 0. The topological polar surface area (TPSA) is 24.9 Å². The summed E-state index contributed by atoms with van der Waals surface area (Å²) in [4.78, 5) is 4.32. The molecule has 0 saturated carbocycles. The van der Waals surface area contributed by atoms with Gasteiger partial charge in [-0.2, -0.15) is 0 Å². The highest BCUT2D eigenvalue weighted by atomic mass is 14.9. The van der Waals surface area contributed by atoms with Gasteiger partial charge in [0.2, 0.25) is 0 Å². The van der Waals surface area contributed by atoms with Crippen LogP contribution in [-0.4, -0.2) is 4.98 Å². The van der Waals surface area contributed by atoms with Crippen LogP contribution in [0.25, 0.3) is 10.8 Å². The maximum atomic E-state index is 4.32. The van der Waals surface area contributed by atoms with Gasteiger partial charge in [-0.1, -0.05) is 42.0 Å². The Morgan fingerprint density at radius 2 is 1.85 bits per heavy atom. The highest BCUT2D eigenvalue weighted by molar-refractivity contribution is 5.84. The molecule has 0 radical (unpaired) electrons. The molecule has 0 aliphatic carbocycles. The van der Waals surface area contributed by atoms with Gasteiger partial charge in [-0.25, -0.2) is 0 Å². The lowest BCUT2D eigenvalue weighted by atomic mass is 10.1. The van der Waals surface area contributed by atoms with Crippen LogP contribution in [0.3, 0.4) is 0 Å². The Balaban J connectivity index is 1.87. The van der Waals surface area contributed by atoms with Gasteiger partial charge in [-0.3, -0.25) is 4.98 Å². The SMILES string of the molecule is Cc1ccc(NCc2cncc3ccccc23)c(C)c1. The van der Waals surface area contributed by atoms with Gasteiger partial charge >= 0.3 is 0 Å². The summed E-state index contributed by atoms with van der Waals surface area (Å²) in [6.45, 7) is 5.04. The highest BCUT2D eigenvalue weighted by Gasteiger charge is 2.02. The fraction of sp³-hybridized carbons (Fsp3) is 0.167. The zero-order chi connectivity index (χ0) is 13.9. The van der Waals surface area contributed by atoms with Crippen molar-refractivity contribution in [1.82, 2.24) is 4.98 Å². The number of nitrogens with zero attached hydrogens (tertiary/aromatic N) is 1. The van der Waals surface area contributed by atoms with E-state index in [1.54, 1.807) is 0 Å². The number of pyridine rings is 1. The molecule has 0 spiro atoms. The van der Waals surface area contributed by atoms with Crippen molar-refractivity contribution < 1.29 is 0 Å². The monoisotopic (exact) mass is 262 g/mol. The van der Waals surface area contributed by atoms with Crippen LogP contribution in [0.5, 0.6) is 0 Å². The van der Waals surface area contributed by atoms with Crippen molar-refractivity contribution in [2.45, 2.75) is 20.4 Å². The van der Waals surface area contributed by atoms with Gasteiger partial charge in [0.05, 0.1) is 0 Å². The first-order valence-electron chi connectivity index (χ1n) is 6.87. The molecule has 0 aliphatic heterocycles. The summed E-state index contributed by atoms with van der Waals surface area (Å²) in [5.41, 5.74) is 4.98. The molecule has 100 valence electrons. The first-order valence-corrected chi connectivity index (χ1v) is 6.87. The first-order chi connectivity index (χ1) is 9.74. The van der Waals surface area contributed by atoms with Crippen molar-refractivity contribution in [3.05, 3.63) is 71.5 Å². The fourth-order valence-electron chi connectivity index (χ4n) is 2.52. The molecule has 0 atom stereocenters. The molecule has 1 N–H and O–H groups in total. The molecule has 0 aliphatic rings. The van der Waals surface area contributed by atoms with Gasteiger partial charge in [-0.05, 0) is 36.4 Å². The van der Waals surface area contributed by atoms with E-state index in [1.165, 1.54) is 33.2 Å². The second-order valence-electron chi connectivity index (χ2n) is 5.19. The van der Waals surface area contributed by atoms with Gasteiger partial charge in [0, 0.05) is 30.0 Å². The molecule has 0 amide bonds. The Morgan fingerprint density at radius 3 is 2.70 bits per heavy atom. The van der Waals surface area contributed by atoms with Gasteiger partial charge in [0.1, 0.15) is 0 Å². The summed E-state index contributed by atoms with van der Waals surface area (Å²) in [5, 5.41) is 5.96. The van der Waals surface area contributed by atoms with Crippen LogP contribution in [0.4, 0.5) is 5.69 Å². The van der Waals surface area contributed by atoms with Crippen LogP contribution in [0, 0.1) is 13.8 Å². The third kappa shape index (κ3) is 2.50. The van der Waals surface area contributed by atoms with E-state index in [4.69, 9.17) is 0 Å². The first kappa shape index (κ1) is 12.7. The minimum absolute atomic E-state index is 0.790. The maximum Gasteiger partial charge on any atom is 0.0422 e. The number of hydrogen-bond acceptors (Lipinski definition) is 2. The van der Waals surface area contributed by atoms with E-state index >= 15 is 0 Å². The van der Waals surface area contributed by atoms with Gasteiger partial charge in [-0.15, -0.1) is 0 Å². The molecule has 0 fully saturated rings. The lowest BCUT2D eigenvalue weighted by molar-refractivity contribution is 1.13. The molecule has 2 heteroatoms. The van der Waals surface area contributed by atoms with Crippen LogP contribution in [0.15, 0.2) is 54.9 Å². The van der Waals surface area contributed by atoms with Crippen LogP contribution in [0.2, 0.25) is 0 Å². The Hall–Kier alpha value is -2.35. The van der Waals surface area contributed by atoms with E-state index in [-0.39, 0.29) is 0 Å². The van der Waals surface area contributed by atoms with Crippen molar-refractivity contribution in [1.29, 1.82) is 0 Å². The van der Waals surface area contributed by atoms with Crippen LogP contribution in [-0.2, 0) is 6.54 Å².